The number of carbonyl (C=O) groups excluding carboxylic acids is 1. The van der Waals surface area contributed by atoms with Crippen molar-refractivity contribution in [2.45, 2.75) is 18.8 Å². The molecular formula is C12H14O3. The van der Waals surface area contributed by atoms with Gasteiger partial charge in [0.15, 0.2) is 6.29 Å². The van der Waals surface area contributed by atoms with E-state index in [1.165, 1.54) is 18.4 Å². The zero-order valence-electron chi connectivity index (χ0n) is 8.95. The molecule has 0 radical (unpaired) electrons. The summed E-state index contributed by atoms with van der Waals surface area (Å²) in [5.41, 5.74) is 1.69. The fourth-order valence-corrected chi connectivity index (χ4v) is 1.73. The fraction of sp³-hybridized carbons (Fsp3) is 0.417. The lowest BCUT2D eigenvalue weighted by molar-refractivity contribution is 0.111. The molecule has 0 aromatic heterocycles. The first-order chi connectivity index (χ1) is 7.30. The molecule has 15 heavy (non-hydrogen) atoms. The van der Waals surface area contributed by atoms with E-state index in [2.05, 4.69) is 0 Å². The number of hydrogen-bond donors (Lipinski definition) is 0. The van der Waals surface area contributed by atoms with Crippen molar-refractivity contribution in [3.05, 3.63) is 23.3 Å². The van der Waals surface area contributed by atoms with E-state index in [9.17, 15) is 4.79 Å². The highest BCUT2D eigenvalue weighted by Crippen LogP contribution is 2.43. The molecule has 0 N–H and O–H groups in total. The van der Waals surface area contributed by atoms with Crippen molar-refractivity contribution in [1.29, 1.82) is 0 Å². The third-order valence-electron chi connectivity index (χ3n) is 2.73. The van der Waals surface area contributed by atoms with Crippen molar-refractivity contribution in [3.8, 4) is 11.5 Å². The first-order valence-electron chi connectivity index (χ1n) is 5.01. The van der Waals surface area contributed by atoms with Crippen LogP contribution in [0.15, 0.2) is 12.1 Å². The Morgan fingerprint density at radius 2 is 1.73 bits per heavy atom. The van der Waals surface area contributed by atoms with E-state index in [-0.39, 0.29) is 0 Å². The minimum Gasteiger partial charge on any atom is -0.496 e. The van der Waals surface area contributed by atoms with Gasteiger partial charge in [-0.15, -0.1) is 0 Å². The van der Waals surface area contributed by atoms with Gasteiger partial charge in [0.25, 0.3) is 0 Å². The van der Waals surface area contributed by atoms with Crippen LogP contribution in [0.1, 0.15) is 34.7 Å². The SMILES string of the molecule is COc1cc(C2CC2)cc(OC)c1C=O. The Bertz CT molecular complexity index is 355. The molecule has 0 atom stereocenters. The maximum Gasteiger partial charge on any atom is 0.157 e. The van der Waals surface area contributed by atoms with Crippen LogP contribution in [0.5, 0.6) is 11.5 Å². The van der Waals surface area contributed by atoms with Crippen LogP contribution in [0.3, 0.4) is 0 Å². The molecule has 1 aliphatic rings. The maximum atomic E-state index is 10.9. The Morgan fingerprint density at radius 1 is 1.20 bits per heavy atom. The molecule has 1 aromatic rings. The Kier molecular flexibility index (Phi) is 2.62. The van der Waals surface area contributed by atoms with Crippen LogP contribution in [-0.2, 0) is 0 Å². The average molecular weight is 206 g/mol. The third kappa shape index (κ3) is 1.82. The number of rotatable bonds is 4. The van der Waals surface area contributed by atoms with Crippen LogP contribution in [0.4, 0.5) is 0 Å². The molecular weight excluding hydrogens is 192 g/mol. The largest absolute Gasteiger partial charge is 0.496 e. The predicted octanol–water partition coefficient (Wildman–Crippen LogP) is 2.39. The average Bonchev–Trinajstić information content (AvgIpc) is 3.10. The lowest BCUT2D eigenvalue weighted by Gasteiger charge is -2.11. The van der Waals surface area contributed by atoms with E-state index in [0.717, 1.165) is 6.29 Å². The predicted molar refractivity (Wildman–Crippen MR) is 56.9 cm³/mol. The number of methoxy groups -OCH3 is 2. The fourth-order valence-electron chi connectivity index (χ4n) is 1.73. The van der Waals surface area contributed by atoms with Gasteiger partial charge < -0.3 is 9.47 Å². The summed E-state index contributed by atoms with van der Waals surface area (Å²) in [5, 5.41) is 0. The first-order valence-corrected chi connectivity index (χ1v) is 5.01. The molecule has 2 rings (SSSR count). The molecule has 0 bridgehead atoms. The minimum absolute atomic E-state index is 0.490. The molecule has 80 valence electrons. The minimum atomic E-state index is 0.490. The Hall–Kier alpha value is -1.51. The quantitative estimate of drug-likeness (QED) is 0.709. The van der Waals surface area contributed by atoms with Crippen LogP contribution in [-0.4, -0.2) is 20.5 Å². The van der Waals surface area contributed by atoms with Gasteiger partial charge >= 0.3 is 0 Å². The number of carbonyl (C=O) groups is 1. The number of aldehydes is 1. The summed E-state index contributed by atoms with van der Waals surface area (Å²) in [6, 6.07) is 3.87. The van der Waals surface area contributed by atoms with Crippen molar-refractivity contribution in [2.75, 3.05) is 14.2 Å². The van der Waals surface area contributed by atoms with Gasteiger partial charge in [-0.1, -0.05) is 0 Å². The Morgan fingerprint density at radius 3 is 2.07 bits per heavy atom. The van der Waals surface area contributed by atoms with Gasteiger partial charge in [-0.3, -0.25) is 4.79 Å². The summed E-state index contributed by atoms with van der Waals surface area (Å²) >= 11 is 0. The van der Waals surface area contributed by atoms with E-state index < -0.39 is 0 Å². The summed E-state index contributed by atoms with van der Waals surface area (Å²) in [6.45, 7) is 0. The van der Waals surface area contributed by atoms with Crippen LogP contribution < -0.4 is 9.47 Å². The molecule has 3 nitrogen and oxygen atoms in total. The molecule has 1 aromatic carbocycles. The van der Waals surface area contributed by atoms with Crippen molar-refractivity contribution in [3.63, 3.8) is 0 Å². The molecule has 0 saturated heterocycles. The second kappa shape index (κ2) is 3.93. The number of benzene rings is 1. The second-order valence-corrected chi connectivity index (χ2v) is 3.73. The van der Waals surface area contributed by atoms with E-state index in [1.807, 2.05) is 12.1 Å². The summed E-state index contributed by atoms with van der Waals surface area (Å²) in [6.07, 6.45) is 3.20. The zero-order valence-corrected chi connectivity index (χ0v) is 8.95. The van der Waals surface area contributed by atoms with Crippen LogP contribution in [0.25, 0.3) is 0 Å². The van der Waals surface area contributed by atoms with Gasteiger partial charge in [0.05, 0.1) is 19.8 Å². The topological polar surface area (TPSA) is 35.5 Å². The van der Waals surface area contributed by atoms with Crippen LogP contribution in [0.2, 0.25) is 0 Å². The van der Waals surface area contributed by atoms with Crippen molar-refractivity contribution in [1.82, 2.24) is 0 Å². The molecule has 1 fully saturated rings. The highest BCUT2D eigenvalue weighted by atomic mass is 16.5. The van der Waals surface area contributed by atoms with Crippen molar-refractivity contribution < 1.29 is 14.3 Å². The van der Waals surface area contributed by atoms with E-state index >= 15 is 0 Å². The summed E-state index contributed by atoms with van der Waals surface area (Å²) < 4.78 is 10.4. The molecule has 0 aliphatic heterocycles. The second-order valence-electron chi connectivity index (χ2n) is 3.73. The summed E-state index contributed by atoms with van der Waals surface area (Å²) in [7, 11) is 3.14. The monoisotopic (exact) mass is 206 g/mol. The summed E-state index contributed by atoms with van der Waals surface area (Å²) in [4.78, 5) is 10.9. The molecule has 0 spiro atoms. The van der Waals surface area contributed by atoms with Gasteiger partial charge in [0.1, 0.15) is 11.5 Å². The standard InChI is InChI=1S/C12H14O3/c1-14-11-5-9(8-3-4-8)6-12(15-2)10(11)7-13/h5-8H,3-4H2,1-2H3. The van der Waals surface area contributed by atoms with E-state index in [1.54, 1.807) is 14.2 Å². The molecule has 3 heteroatoms. The molecule has 0 amide bonds. The third-order valence-corrected chi connectivity index (χ3v) is 2.73. The number of ether oxygens (including phenoxy) is 2. The Balaban J connectivity index is 2.49. The lowest BCUT2D eigenvalue weighted by atomic mass is 10.1. The first kappa shape index (κ1) is 10.0. The molecule has 1 saturated carbocycles. The lowest BCUT2D eigenvalue weighted by Crippen LogP contribution is -1.97. The highest BCUT2D eigenvalue weighted by molar-refractivity contribution is 5.84. The number of hydrogen-bond acceptors (Lipinski definition) is 3. The van der Waals surface area contributed by atoms with Crippen LogP contribution in [0, 0.1) is 0 Å². The van der Waals surface area contributed by atoms with E-state index in [4.69, 9.17) is 9.47 Å². The van der Waals surface area contributed by atoms with E-state index in [0.29, 0.717) is 23.0 Å². The Labute approximate surface area is 89.0 Å². The van der Waals surface area contributed by atoms with Gasteiger partial charge in [0.2, 0.25) is 0 Å². The summed E-state index contributed by atoms with van der Waals surface area (Å²) in [5.74, 6) is 1.83. The maximum absolute atomic E-state index is 10.9. The van der Waals surface area contributed by atoms with Crippen molar-refractivity contribution >= 4 is 6.29 Å². The van der Waals surface area contributed by atoms with Gasteiger partial charge in [-0.2, -0.15) is 0 Å². The molecule has 0 unspecified atom stereocenters. The normalized spacial score (nSPS) is 14.8. The van der Waals surface area contributed by atoms with Gasteiger partial charge in [-0.05, 0) is 36.5 Å². The van der Waals surface area contributed by atoms with Gasteiger partial charge in [0, 0.05) is 0 Å². The molecule has 0 heterocycles. The highest BCUT2D eigenvalue weighted by Gasteiger charge is 2.26. The molecule has 1 aliphatic carbocycles. The van der Waals surface area contributed by atoms with Gasteiger partial charge in [-0.25, -0.2) is 0 Å². The van der Waals surface area contributed by atoms with Crippen molar-refractivity contribution in [2.24, 2.45) is 0 Å². The zero-order chi connectivity index (χ0) is 10.8. The smallest absolute Gasteiger partial charge is 0.157 e. The van der Waals surface area contributed by atoms with Crippen LogP contribution >= 0.6 is 0 Å².